The van der Waals surface area contributed by atoms with Crippen LogP contribution < -0.4 is 10.6 Å². The SMILES string of the molecule is CNC(=O)CN(C)C(=O)CNc1ccccc1. The Kier molecular flexibility index (Phi) is 5.00. The normalized spacial score (nSPS) is 9.53. The summed E-state index contributed by atoms with van der Waals surface area (Å²) in [7, 11) is 3.15. The molecule has 5 nitrogen and oxygen atoms in total. The zero-order chi connectivity index (χ0) is 12.7. The summed E-state index contributed by atoms with van der Waals surface area (Å²) in [6, 6.07) is 9.45. The standard InChI is InChI=1S/C12H17N3O2/c1-13-11(16)9-15(2)12(17)8-14-10-6-4-3-5-7-10/h3-7,14H,8-9H2,1-2H3,(H,13,16). The number of likely N-dealkylation sites (N-methyl/N-ethyl adjacent to an activating group) is 2. The smallest absolute Gasteiger partial charge is 0.242 e. The van der Waals surface area contributed by atoms with Gasteiger partial charge >= 0.3 is 0 Å². The van der Waals surface area contributed by atoms with Gasteiger partial charge in [0.05, 0.1) is 13.1 Å². The molecule has 92 valence electrons. The molecule has 0 saturated heterocycles. The number of para-hydroxylation sites is 1. The van der Waals surface area contributed by atoms with Gasteiger partial charge in [-0.3, -0.25) is 9.59 Å². The molecule has 17 heavy (non-hydrogen) atoms. The maximum absolute atomic E-state index is 11.7. The van der Waals surface area contributed by atoms with Crippen LogP contribution in [0, 0.1) is 0 Å². The number of nitrogens with one attached hydrogen (secondary N) is 2. The van der Waals surface area contributed by atoms with Crippen molar-refractivity contribution in [2.45, 2.75) is 0 Å². The summed E-state index contributed by atoms with van der Waals surface area (Å²) < 4.78 is 0. The monoisotopic (exact) mass is 235 g/mol. The maximum Gasteiger partial charge on any atom is 0.242 e. The molecule has 0 aliphatic heterocycles. The number of benzene rings is 1. The summed E-state index contributed by atoms with van der Waals surface area (Å²) in [6.45, 7) is 0.253. The van der Waals surface area contributed by atoms with Crippen molar-refractivity contribution >= 4 is 17.5 Å². The van der Waals surface area contributed by atoms with Crippen LogP contribution in [0.4, 0.5) is 5.69 Å². The largest absolute Gasteiger partial charge is 0.376 e. The molecule has 0 heterocycles. The molecule has 0 spiro atoms. The molecule has 5 heteroatoms. The fourth-order valence-corrected chi connectivity index (χ4v) is 1.25. The third-order valence-corrected chi connectivity index (χ3v) is 2.30. The van der Waals surface area contributed by atoms with Crippen LogP contribution in [-0.4, -0.2) is 43.9 Å². The number of anilines is 1. The zero-order valence-corrected chi connectivity index (χ0v) is 10.1. The van der Waals surface area contributed by atoms with Crippen molar-refractivity contribution in [1.82, 2.24) is 10.2 Å². The van der Waals surface area contributed by atoms with Gasteiger partial charge in [0.15, 0.2) is 0 Å². The van der Waals surface area contributed by atoms with E-state index < -0.39 is 0 Å². The lowest BCUT2D eigenvalue weighted by atomic mass is 10.3. The molecule has 1 rings (SSSR count). The second kappa shape index (κ2) is 6.52. The Balaban J connectivity index is 2.37. The van der Waals surface area contributed by atoms with Crippen molar-refractivity contribution in [3.05, 3.63) is 30.3 Å². The Hall–Kier alpha value is -2.04. The first-order valence-electron chi connectivity index (χ1n) is 5.37. The molecular weight excluding hydrogens is 218 g/mol. The first-order valence-corrected chi connectivity index (χ1v) is 5.37. The van der Waals surface area contributed by atoms with Crippen molar-refractivity contribution in [3.63, 3.8) is 0 Å². The maximum atomic E-state index is 11.7. The van der Waals surface area contributed by atoms with Gasteiger partial charge in [0.2, 0.25) is 11.8 Å². The highest BCUT2D eigenvalue weighted by molar-refractivity contribution is 5.86. The molecule has 0 bridgehead atoms. The molecule has 0 unspecified atom stereocenters. The molecule has 0 atom stereocenters. The highest BCUT2D eigenvalue weighted by atomic mass is 16.2. The van der Waals surface area contributed by atoms with Crippen molar-refractivity contribution in [2.24, 2.45) is 0 Å². The van der Waals surface area contributed by atoms with Crippen LogP contribution in [0.3, 0.4) is 0 Å². The number of hydrogen-bond acceptors (Lipinski definition) is 3. The minimum atomic E-state index is -0.180. The van der Waals surface area contributed by atoms with E-state index in [1.54, 1.807) is 14.1 Å². The lowest BCUT2D eigenvalue weighted by molar-refractivity contribution is -0.133. The van der Waals surface area contributed by atoms with E-state index in [0.29, 0.717) is 0 Å². The van der Waals surface area contributed by atoms with Crippen LogP contribution in [0.15, 0.2) is 30.3 Å². The highest BCUT2D eigenvalue weighted by Crippen LogP contribution is 2.04. The van der Waals surface area contributed by atoms with Crippen LogP contribution in [0.25, 0.3) is 0 Å². The number of hydrogen-bond donors (Lipinski definition) is 2. The topological polar surface area (TPSA) is 61.4 Å². The molecule has 0 radical (unpaired) electrons. The van der Waals surface area contributed by atoms with E-state index in [1.165, 1.54) is 4.90 Å². The highest BCUT2D eigenvalue weighted by Gasteiger charge is 2.11. The second-order valence-electron chi connectivity index (χ2n) is 3.64. The van der Waals surface area contributed by atoms with Gasteiger partial charge in [-0.1, -0.05) is 18.2 Å². The molecule has 1 aromatic carbocycles. The summed E-state index contributed by atoms with van der Waals surface area (Å²) in [6.07, 6.45) is 0. The average molecular weight is 235 g/mol. The molecule has 2 N–H and O–H groups in total. The molecule has 0 aliphatic carbocycles. The minimum Gasteiger partial charge on any atom is -0.376 e. The Morgan fingerprint density at radius 1 is 1.24 bits per heavy atom. The predicted molar refractivity (Wildman–Crippen MR) is 66.6 cm³/mol. The van der Waals surface area contributed by atoms with Crippen LogP contribution in [0.1, 0.15) is 0 Å². The summed E-state index contributed by atoms with van der Waals surface area (Å²) in [4.78, 5) is 24.1. The van der Waals surface area contributed by atoms with Crippen molar-refractivity contribution in [3.8, 4) is 0 Å². The summed E-state index contributed by atoms with van der Waals surface area (Å²) in [5.41, 5.74) is 0.884. The van der Waals surface area contributed by atoms with Crippen LogP contribution >= 0.6 is 0 Å². The Morgan fingerprint density at radius 3 is 2.47 bits per heavy atom. The molecule has 0 aliphatic rings. The van der Waals surface area contributed by atoms with Gasteiger partial charge in [-0.25, -0.2) is 0 Å². The summed E-state index contributed by atoms with van der Waals surface area (Å²) in [5, 5.41) is 5.46. The van der Waals surface area contributed by atoms with Gasteiger partial charge in [0.25, 0.3) is 0 Å². The first-order chi connectivity index (χ1) is 8.13. The van der Waals surface area contributed by atoms with E-state index in [4.69, 9.17) is 0 Å². The van der Waals surface area contributed by atoms with E-state index in [9.17, 15) is 9.59 Å². The van der Waals surface area contributed by atoms with Crippen molar-refractivity contribution < 1.29 is 9.59 Å². The summed E-state index contributed by atoms with van der Waals surface area (Å²) >= 11 is 0. The third kappa shape index (κ3) is 4.55. The molecule has 2 amide bonds. The Morgan fingerprint density at radius 2 is 1.88 bits per heavy atom. The van der Waals surface area contributed by atoms with Gasteiger partial charge in [-0.15, -0.1) is 0 Å². The predicted octanol–water partition coefficient (Wildman–Crippen LogP) is 0.303. The van der Waals surface area contributed by atoms with Gasteiger partial charge in [-0.2, -0.15) is 0 Å². The molecule has 0 saturated carbocycles. The molecular formula is C12H17N3O2. The van der Waals surface area contributed by atoms with Crippen LogP contribution in [0.2, 0.25) is 0 Å². The Bertz CT molecular complexity index is 379. The number of carbonyl (C=O) groups excluding carboxylic acids is 2. The van der Waals surface area contributed by atoms with Crippen LogP contribution in [-0.2, 0) is 9.59 Å². The fraction of sp³-hybridized carbons (Fsp3) is 0.333. The van der Waals surface area contributed by atoms with E-state index >= 15 is 0 Å². The van der Waals surface area contributed by atoms with Crippen molar-refractivity contribution in [2.75, 3.05) is 32.5 Å². The zero-order valence-electron chi connectivity index (χ0n) is 10.1. The van der Waals surface area contributed by atoms with E-state index in [1.807, 2.05) is 30.3 Å². The van der Waals surface area contributed by atoms with E-state index in [0.717, 1.165) is 5.69 Å². The van der Waals surface area contributed by atoms with Gasteiger partial charge in [0, 0.05) is 19.8 Å². The van der Waals surface area contributed by atoms with Gasteiger partial charge in [0.1, 0.15) is 0 Å². The molecule has 0 aromatic heterocycles. The van der Waals surface area contributed by atoms with Gasteiger partial charge in [-0.05, 0) is 12.1 Å². The molecule has 0 fully saturated rings. The van der Waals surface area contributed by atoms with Crippen LogP contribution in [0.5, 0.6) is 0 Å². The van der Waals surface area contributed by atoms with Crippen molar-refractivity contribution in [1.29, 1.82) is 0 Å². The summed E-state index contributed by atoms with van der Waals surface area (Å²) in [5.74, 6) is -0.307. The number of rotatable bonds is 5. The lowest BCUT2D eigenvalue weighted by Crippen LogP contribution is -2.39. The second-order valence-corrected chi connectivity index (χ2v) is 3.64. The minimum absolute atomic E-state index is 0.0752. The lowest BCUT2D eigenvalue weighted by Gasteiger charge is -2.16. The quantitative estimate of drug-likeness (QED) is 0.771. The average Bonchev–Trinajstić information content (AvgIpc) is 2.36. The molecule has 1 aromatic rings. The van der Waals surface area contributed by atoms with E-state index in [-0.39, 0.29) is 24.9 Å². The fourth-order valence-electron chi connectivity index (χ4n) is 1.25. The number of carbonyl (C=O) groups is 2. The van der Waals surface area contributed by atoms with E-state index in [2.05, 4.69) is 10.6 Å². The third-order valence-electron chi connectivity index (χ3n) is 2.30. The number of amides is 2. The first kappa shape index (κ1) is 13.0. The Labute approximate surface area is 101 Å². The van der Waals surface area contributed by atoms with Gasteiger partial charge < -0.3 is 15.5 Å². The number of nitrogens with zero attached hydrogens (tertiary/aromatic N) is 1.